The fourth-order valence-electron chi connectivity index (χ4n) is 2.43. The summed E-state index contributed by atoms with van der Waals surface area (Å²) in [5.41, 5.74) is 0. The molecule has 1 aliphatic rings. The summed E-state index contributed by atoms with van der Waals surface area (Å²) in [6, 6.07) is 0.357. The minimum atomic E-state index is 0.357. The van der Waals surface area contributed by atoms with E-state index in [4.69, 9.17) is 17.0 Å². The highest BCUT2D eigenvalue weighted by Crippen LogP contribution is 2.13. The van der Waals surface area contributed by atoms with Gasteiger partial charge < -0.3 is 9.30 Å². The summed E-state index contributed by atoms with van der Waals surface area (Å²) in [6.07, 6.45) is 2.06. The lowest BCUT2D eigenvalue weighted by atomic mass is 10.2. The van der Waals surface area contributed by atoms with Crippen LogP contribution >= 0.6 is 12.2 Å². The Morgan fingerprint density at radius 2 is 2.17 bits per heavy atom. The van der Waals surface area contributed by atoms with Crippen molar-refractivity contribution in [2.45, 2.75) is 32.7 Å². The van der Waals surface area contributed by atoms with E-state index in [1.807, 2.05) is 0 Å². The molecule has 1 fully saturated rings. The molecule has 1 N–H and O–H groups in total. The van der Waals surface area contributed by atoms with Crippen molar-refractivity contribution >= 4 is 12.2 Å². The molecule has 1 saturated heterocycles. The third-order valence-electron chi connectivity index (χ3n) is 3.32. The Hall–Kier alpha value is -0.720. The van der Waals surface area contributed by atoms with Crippen molar-refractivity contribution < 1.29 is 4.74 Å². The Bertz CT molecular complexity index is 422. The van der Waals surface area contributed by atoms with Crippen molar-refractivity contribution in [2.75, 3.05) is 32.8 Å². The molecule has 0 amide bonds. The first-order valence-corrected chi connectivity index (χ1v) is 7.09. The van der Waals surface area contributed by atoms with Gasteiger partial charge in [0.2, 0.25) is 0 Å². The van der Waals surface area contributed by atoms with E-state index in [9.17, 15) is 0 Å². The molecule has 1 aliphatic heterocycles. The number of nitrogens with zero attached hydrogens (tertiary/aromatic N) is 3. The summed E-state index contributed by atoms with van der Waals surface area (Å²) in [5.74, 6) is 1.07. The average molecular weight is 270 g/mol. The van der Waals surface area contributed by atoms with E-state index in [0.717, 1.165) is 56.3 Å². The second kappa shape index (κ2) is 6.45. The molecule has 6 heteroatoms. The zero-order valence-corrected chi connectivity index (χ0v) is 12.0. The highest BCUT2D eigenvalue weighted by Gasteiger charge is 2.17. The molecule has 1 aromatic rings. The summed E-state index contributed by atoms with van der Waals surface area (Å²) in [7, 11) is 0. The standard InChI is InChI=1S/C12H22N4OS/c1-3-4-11-13-14-12(18)16(11)10(2)9-15-5-7-17-8-6-15/h10H,3-9H2,1-2H3,(H,14,18). The number of aromatic nitrogens is 3. The van der Waals surface area contributed by atoms with Gasteiger partial charge in [-0.25, -0.2) is 0 Å². The molecule has 0 spiro atoms. The molecular weight excluding hydrogens is 248 g/mol. The molecule has 1 atom stereocenters. The Kier molecular flexibility index (Phi) is 4.91. The van der Waals surface area contributed by atoms with Crippen molar-refractivity contribution in [1.82, 2.24) is 19.7 Å². The van der Waals surface area contributed by atoms with Crippen molar-refractivity contribution in [3.63, 3.8) is 0 Å². The Morgan fingerprint density at radius 3 is 2.83 bits per heavy atom. The molecular formula is C12H22N4OS. The molecule has 1 unspecified atom stereocenters. The monoisotopic (exact) mass is 270 g/mol. The largest absolute Gasteiger partial charge is 0.379 e. The number of aryl methyl sites for hydroxylation is 1. The number of morpholine rings is 1. The average Bonchev–Trinajstić information content (AvgIpc) is 2.72. The van der Waals surface area contributed by atoms with Crippen LogP contribution in [0.15, 0.2) is 0 Å². The smallest absolute Gasteiger partial charge is 0.195 e. The maximum Gasteiger partial charge on any atom is 0.195 e. The van der Waals surface area contributed by atoms with E-state index in [2.05, 4.69) is 33.5 Å². The number of ether oxygens (including phenoxy) is 1. The summed E-state index contributed by atoms with van der Waals surface area (Å²) >= 11 is 5.33. The fraction of sp³-hybridized carbons (Fsp3) is 0.833. The van der Waals surface area contributed by atoms with Gasteiger partial charge in [0.15, 0.2) is 4.77 Å². The number of rotatable bonds is 5. The molecule has 2 rings (SSSR count). The van der Waals surface area contributed by atoms with E-state index < -0.39 is 0 Å². The molecule has 102 valence electrons. The third kappa shape index (κ3) is 3.18. The molecule has 5 nitrogen and oxygen atoms in total. The van der Waals surface area contributed by atoms with Gasteiger partial charge in [-0.15, -0.1) is 0 Å². The molecule has 0 aliphatic carbocycles. The minimum Gasteiger partial charge on any atom is -0.379 e. The van der Waals surface area contributed by atoms with Crippen LogP contribution in [0.5, 0.6) is 0 Å². The molecule has 0 aromatic carbocycles. The predicted octanol–water partition coefficient (Wildman–Crippen LogP) is 1.79. The Labute approximate surface area is 113 Å². The highest BCUT2D eigenvalue weighted by atomic mass is 32.1. The molecule has 0 bridgehead atoms. The molecule has 1 aromatic heterocycles. The van der Waals surface area contributed by atoms with Crippen molar-refractivity contribution in [1.29, 1.82) is 0 Å². The van der Waals surface area contributed by atoms with Crippen LogP contribution in [-0.4, -0.2) is 52.5 Å². The van der Waals surface area contributed by atoms with Gasteiger partial charge >= 0.3 is 0 Å². The first-order valence-electron chi connectivity index (χ1n) is 6.68. The second-order valence-corrected chi connectivity index (χ2v) is 5.21. The summed E-state index contributed by atoms with van der Waals surface area (Å²) in [5, 5.41) is 7.23. The zero-order valence-electron chi connectivity index (χ0n) is 11.2. The van der Waals surface area contributed by atoms with E-state index >= 15 is 0 Å². The van der Waals surface area contributed by atoms with Crippen LogP contribution in [0, 0.1) is 4.77 Å². The van der Waals surface area contributed by atoms with Crippen LogP contribution in [0.1, 0.15) is 32.1 Å². The number of hydrogen-bond donors (Lipinski definition) is 1. The van der Waals surface area contributed by atoms with Crippen molar-refractivity contribution in [3.8, 4) is 0 Å². The maximum atomic E-state index is 5.37. The summed E-state index contributed by atoms with van der Waals surface area (Å²) < 4.78 is 8.27. The zero-order chi connectivity index (χ0) is 13.0. The number of nitrogens with one attached hydrogen (secondary N) is 1. The van der Waals surface area contributed by atoms with E-state index in [1.54, 1.807) is 0 Å². The minimum absolute atomic E-state index is 0.357. The molecule has 2 heterocycles. The molecule has 0 saturated carbocycles. The van der Waals surface area contributed by atoms with Gasteiger partial charge in [0.05, 0.1) is 13.2 Å². The Morgan fingerprint density at radius 1 is 1.44 bits per heavy atom. The SMILES string of the molecule is CCCc1n[nH]c(=S)n1C(C)CN1CCOCC1. The fourth-order valence-corrected chi connectivity index (χ4v) is 2.76. The molecule has 18 heavy (non-hydrogen) atoms. The van der Waals surface area contributed by atoms with Gasteiger partial charge in [-0.05, 0) is 25.6 Å². The maximum absolute atomic E-state index is 5.37. The van der Waals surface area contributed by atoms with Crippen LogP contribution in [0.2, 0.25) is 0 Å². The van der Waals surface area contributed by atoms with E-state index in [0.29, 0.717) is 6.04 Å². The van der Waals surface area contributed by atoms with E-state index in [-0.39, 0.29) is 0 Å². The lowest BCUT2D eigenvalue weighted by Crippen LogP contribution is -2.39. The van der Waals surface area contributed by atoms with Gasteiger partial charge in [0.1, 0.15) is 5.82 Å². The van der Waals surface area contributed by atoms with Crippen molar-refractivity contribution in [2.24, 2.45) is 0 Å². The summed E-state index contributed by atoms with van der Waals surface area (Å²) in [6.45, 7) is 9.08. The lowest BCUT2D eigenvalue weighted by Gasteiger charge is -2.29. The lowest BCUT2D eigenvalue weighted by molar-refractivity contribution is 0.0323. The summed E-state index contributed by atoms with van der Waals surface area (Å²) in [4.78, 5) is 2.43. The van der Waals surface area contributed by atoms with Crippen molar-refractivity contribution in [3.05, 3.63) is 10.6 Å². The van der Waals surface area contributed by atoms with Gasteiger partial charge in [0.25, 0.3) is 0 Å². The van der Waals surface area contributed by atoms with E-state index in [1.165, 1.54) is 0 Å². The third-order valence-corrected chi connectivity index (χ3v) is 3.61. The number of hydrogen-bond acceptors (Lipinski definition) is 4. The highest BCUT2D eigenvalue weighted by molar-refractivity contribution is 7.71. The Balaban J connectivity index is 2.05. The van der Waals surface area contributed by atoms with Gasteiger partial charge in [-0.2, -0.15) is 5.10 Å². The van der Waals surface area contributed by atoms with Crippen LogP contribution in [-0.2, 0) is 11.2 Å². The number of H-pyrrole nitrogens is 1. The second-order valence-electron chi connectivity index (χ2n) is 4.83. The number of aromatic amines is 1. The topological polar surface area (TPSA) is 46.1 Å². The van der Waals surface area contributed by atoms with Crippen LogP contribution in [0.25, 0.3) is 0 Å². The van der Waals surface area contributed by atoms with Gasteiger partial charge in [0, 0.05) is 32.1 Å². The predicted molar refractivity (Wildman–Crippen MR) is 73.4 cm³/mol. The normalized spacial score (nSPS) is 19.0. The molecule has 0 radical (unpaired) electrons. The van der Waals surface area contributed by atoms with Gasteiger partial charge in [-0.1, -0.05) is 6.92 Å². The van der Waals surface area contributed by atoms with Crippen LogP contribution in [0.3, 0.4) is 0 Å². The quantitative estimate of drug-likeness (QED) is 0.829. The van der Waals surface area contributed by atoms with Crippen LogP contribution < -0.4 is 0 Å². The van der Waals surface area contributed by atoms with Crippen LogP contribution in [0.4, 0.5) is 0 Å². The first kappa shape index (κ1) is 13.7. The first-order chi connectivity index (χ1) is 8.72. The van der Waals surface area contributed by atoms with Gasteiger partial charge in [-0.3, -0.25) is 10.00 Å².